The van der Waals surface area contributed by atoms with Crippen LogP contribution in [0.25, 0.3) is 0 Å². The van der Waals surface area contributed by atoms with Gasteiger partial charge in [0.15, 0.2) is 11.5 Å². The zero-order valence-corrected chi connectivity index (χ0v) is 12.7. The maximum atomic E-state index is 5.80. The topological polar surface area (TPSA) is 36.3 Å². The summed E-state index contributed by atoms with van der Waals surface area (Å²) >= 11 is 5.80. The molecule has 108 valence electrons. The monoisotopic (exact) mass is 294 g/mol. The van der Waals surface area contributed by atoms with E-state index >= 15 is 0 Å². The summed E-state index contributed by atoms with van der Waals surface area (Å²) in [5.41, 5.74) is 1.89. The van der Waals surface area contributed by atoms with Crippen LogP contribution in [0.1, 0.15) is 31.1 Å². The second-order valence-corrected chi connectivity index (χ2v) is 5.06. The molecule has 0 unspecified atom stereocenters. The summed E-state index contributed by atoms with van der Waals surface area (Å²) < 4.78 is 13.0. The smallest absolute Gasteiger partial charge is 0.161 e. The van der Waals surface area contributed by atoms with Crippen molar-refractivity contribution in [1.29, 1.82) is 0 Å². The molecule has 2 aromatic rings. The highest BCUT2D eigenvalue weighted by atomic mass is 35.5. The fraction of sp³-hybridized carbons (Fsp3) is 0.400. The molecule has 1 heterocycles. The van der Waals surface area contributed by atoms with Crippen LogP contribution in [-0.4, -0.2) is 16.9 Å². The highest BCUT2D eigenvalue weighted by Crippen LogP contribution is 2.29. The lowest BCUT2D eigenvalue weighted by Crippen LogP contribution is -2.04. The standard InChI is InChI=1S/C15H19ClN2O2/c1-11(2)18-7-6-13(17-18)10-20-14-5-4-12(9-16)8-15(14)19-3/h4-8,11H,9-10H2,1-3H3. The van der Waals surface area contributed by atoms with Crippen molar-refractivity contribution >= 4 is 11.6 Å². The molecule has 1 aromatic heterocycles. The van der Waals surface area contributed by atoms with Crippen LogP contribution in [0.4, 0.5) is 0 Å². The summed E-state index contributed by atoms with van der Waals surface area (Å²) in [6.45, 7) is 4.59. The van der Waals surface area contributed by atoms with Crippen molar-refractivity contribution in [3.05, 3.63) is 41.7 Å². The van der Waals surface area contributed by atoms with Crippen LogP contribution in [0.3, 0.4) is 0 Å². The second kappa shape index (κ2) is 6.66. The van der Waals surface area contributed by atoms with Gasteiger partial charge in [-0.2, -0.15) is 5.10 Å². The van der Waals surface area contributed by atoms with E-state index in [9.17, 15) is 0 Å². The largest absolute Gasteiger partial charge is 0.493 e. The number of hydrogen-bond donors (Lipinski definition) is 0. The van der Waals surface area contributed by atoms with Crippen molar-refractivity contribution < 1.29 is 9.47 Å². The molecule has 0 spiro atoms. The van der Waals surface area contributed by atoms with E-state index in [0.29, 0.717) is 30.0 Å². The highest BCUT2D eigenvalue weighted by molar-refractivity contribution is 6.17. The number of methoxy groups -OCH3 is 1. The van der Waals surface area contributed by atoms with E-state index in [4.69, 9.17) is 21.1 Å². The van der Waals surface area contributed by atoms with Gasteiger partial charge in [-0.15, -0.1) is 11.6 Å². The highest BCUT2D eigenvalue weighted by Gasteiger charge is 2.07. The van der Waals surface area contributed by atoms with Gasteiger partial charge in [0.1, 0.15) is 6.61 Å². The van der Waals surface area contributed by atoms with Crippen LogP contribution in [0, 0.1) is 0 Å². The molecule has 4 nitrogen and oxygen atoms in total. The molecule has 0 radical (unpaired) electrons. The Kier molecular flexibility index (Phi) is 4.90. The molecule has 0 aliphatic rings. The predicted octanol–water partition coefficient (Wildman–Crippen LogP) is 3.79. The molecular formula is C15H19ClN2O2. The Morgan fingerprint density at radius 3 is 2.65 bits per heavy atom. The molecule has 0 bridgehead atoms. The molecule has 0 atom stereocenters. The van der Waals surface area contributed by atoms with Crippen molar-refractivity contribution in [3.8, 4) is 11.5 Å². The minimum atomic E-state index is 0.348. The first kappa shape index (κ1) is 14.7. The first-order valence-corrected chi connectivity index (χ1v) is 7.07. The number of rotatable bonds is 6. The number of aromatic nitrogens is 2. The van der Waals surface area contributed by atoms with Crippen molar-refractivity contribution in [2.75, 3.05) is 7.11 Å². The Labute approximate surface area is 124 Å². The lowest BCUT2D eigenvalue weighted by Gasteiger charge is -2.11. The van der Waals surface area contributed by atoms with Crippen molar-refractivity contribution in [2.45, 2.75) is 32.4 Å². The minimum absolute atomic E-state index is 0.348. The Bertz CT molecular complexity index is 567. The van der Waals surface area contributed by atoms with Gasteiger partial charge in [-0.25, -0.2) is 0 Å². The van der Waals surface area contributed by atoms with Gasteiger partial charge >= 0.3 is 0 Å². The average molecular weight is 295 g/mol. The van der Waals surface area contributed by atoms with E-state index in [1.165, 1.54) is 0 Å². The number of hydrogen-bond acceptors (Lipinski definition) is 3. The molecule has 5 heteroatoms. The van der Waals surface area contributed by atoms with Gasteiger partial charge in [-0.1, -0.05) is 6.07 Å². The van der Waals surface area contributed by atoms with E-state index in [1.54, 1.807) is 7.11 Å². The predicted molar refractivity (Wildman–Crippen MR) is 79.5 cm³/mol. The third kappa shape index (κ3) is 3.45. The maximum Gasteiger partial charge on any atom is 0.161 e. The summed E-state index contributed by atoms with van der Waals surface area (Å²) in [7, 11) is 1.62. The Morgan fingerprint density at radius 2 is 2.05 bits per heavy atom. The summed E-state index contributed by atoms with van der Waals surface area (Å²) in [6.07, 6.45) is 1.96. The maximum absolute atomic E-state index is 5.80. The van der Waals surface area contributed by atoms with Gasteiger partial charge in [0.05, 0.1) is 12.8 Å². The molecule has 20 heavy (non-hydrogen) atoms. The number of ether oxygens (including phenoxy) is 2. The van der Waals surface area contributed by atoms with Gasteiger partial charge in [0, 0.05) is 18.1 Å². The van der Waals surface area contributed by atoms with E-state index in [1.807, 2.05) is 35.1 Å². The zero-order valence-electron chi connectivity index (χ0n) is 12.0. The van der Waals surface area contributed by atoms with E-state index in [2.05, 4.69) is 18.9 Å². The molecule has 0 fully saturated rings. The summed E-state index contributed by atoms with van der Waals surface area (Å²) in [4.78, 5) is 0. The Hall–Kier alpha value is -1.68. The van der Waals surface area contributed by atoms with E-state index in [0.717, 1.165) is 11.3 Å². The lowest BCUT2D eigenvalue weighted by atomic mass is 10.2. The van der Waals surface area contributed by atoms with Crippen LogP contribution in [0.2, 0.25) is 0 Å². The molecule has 1 aromatic carbocycles. The Morgan fingerprint density at radius 1 is 1.25 bits per heavy atom. The van der Waals surface area contributed by atoms with Gasteiger partial charge < -0.3 is 9.47 Å². The summed E-state index contributed by atoms with van der Waals surface area (Å²) in [5, 5.41) is 4.44. The second-order valence-electron chi connectivity index (χ2n) is 4.79. The van der Waals surface area contributed by atoms with Crippen molar-refractivity contribution in [1.82, 2.24) is 9.78 Å². The molecule has 0 amide bonds. The fourth-order valence-electron chi connectivity index (χ4n) is 1.81. The third-order valence-electron chi connectivity index (χ3n) is 2.95. The average Bonchev–Trinajstić information content (AvgIpc) is 2.94. The van der Waals surface area contributed by atoms with Gasteiger partial charge in [-0.05, 0) is 37.6 Å². The molecule has 2 rings (SSSR count). The van der Waals surface area contributed by atoms with Crippen LogP contribution in [-0.2, 0) is 12.5 Å². The fourth-order valence-corrected chi connectivity index (χ4v) is 1.97. The summed E-state index contributed by atoms with van der Waals surface area (Å²) in [6, 6.07) is 7.99. The molecule has 0 aliphatic carbocycles. The van der Waals surface area contributed by atoms with E-state index < -0.39 is 0 Å². The molecule has 0 aliphatic heterocycles. The first-order chi connectivity index (χ1) is 9.63. The van der Waals surface area contributed by atoms with E-state index in [-0.39, 0.29) is 0 Å². The number of benzene rings is 1. The van der Waals surface area contributed by atoms with Crippen LogP contribution in [0.5, 0.6) is 11.5 Å². The van der Waals surface area contributed by atoms with Gasteiger partial charge in [0.2, 0.25) is 0 Å². The van der Waals surface area contributed by atoms with Crippen LogP contribution >= 0.6 is 11.6 Å². The molecular weight excluding hydrogens is 276 g/mol. The molecule has 0 N–H and O–H groups in total. The number of nitrogens with zero attached hydrogens (tertiary/aromatic N) is 2. The first-order valence-electron chi connectivity index (χ1n) is 6.53. The quantitative estimate of drug-likeness (QED) is 0.761. The molecule has 0 saturated heterocycles. The van der Waals surface area contributed by atoms with Crippen LogP contribution < -0.4 is 9.47 Å². The third-order valence-corrected chi connectivity index (χ3v) is 3.26. The summed E-state index contributed by atoms with van der Waals surface area (Å²) in [5.74, 6) is 1.84. The number of alkyl halides is 1. The number of halogens is 1. The zero-order chi connectivity index (χ0) is 14.5. The van der Waals surface area contributed by atoms with Crippen LogP contribution in [0.15, 0.2) is 30.5 Å². The van der Waals surface area contributed by atoms with Gasteiger partial charge in [0.25, 0.3) is 0 Å². The lowest BCUT2D eigenvalue weighted by molar-refractivity contribution is 0.278. The van der Waals surface area contributed by atoms with Crippen molar-refractivity contribution in [2.24, 2.45) is 0 Å². The molecule has 0 saturated carbocycles. The van der Waals surface area contributed by atoms with Gasteiger partial charge in [-0.3, -0.25) is 4.68 Å². The van der Waals surface area contributed by atoms with Crippen molar-refractivity contribution in [3.63, 3.8) is 0 Å². The normalized spacial score (nSPS) is 10.8. The Balaban J connectivity index is 2.06. The minimum Gasteiger partial charge on any atom is -0.493 e. The SMILES string of the molecule is COc1cc(CCl)ccc1OCc1ccn(C(C)C)n1.